The van der Waals surface area contributed by atoms with Gasteiger partial charge in [-0.2, -0.15) is 0 Å². The van der Waals surface area contributed by atoms with E-state index in [1.165, 1.54) is 77.0 Å². The second-order valence-electron chi connectivity index (χ2n) is 21.4. The predicted octanol–water partition coefficient (Wildman–Crippen LogP) is 15.9. The average molecular weight is 1000 g/mol. The molecule has 2 aliphatic rings. The van der Waals surface area contributed by atoms with Crippen LogP contribution in [0, 0.1) is 19.3 Å². The molecule has 4 heterocycles. The van der Waals surface area contributed by atoms with Crippen LogP contribution < -0.4 is 0 Å². The Hall–Kier alpha value is -8.36. The lowest BCUT2D eigenvalue weighted by Gasteiger charge is -2.51. The first-order valence-electron chi connectivity index (χ1n) is 26.9. The van der Waals surface area contributed by atoms with Gasteiger partial charge in [0.05, 0.1) is 53.9 Å². The normalized spacial score (nSPS) is 19.7. The summed E-state index contributed by atoms with van der Waals surface area (Å²) in [5, 5.41) is 5.06. The van der Waals surface area contributed by atoms with Crippen molar-refractivity contribution in [3.8, 4) is 11.4 Å². The van der Waals surface area contributed by atoms with E-state index in [4.69, 9.17) is 18.9 Å². The third-order valence-corrected chi connectivity index (χ3v) is 16.2. The van der Waals surface area contributed by atoms with Crippen molar-refractivity contribution in [2.75, 3.05) is 26.4 Å². The van der Waals surface area contributed by atoms with Crippen molar-refractivity contribution in [2.45, 2.75) is 38.3 Å². The quantitative estimate of drug-likeness (QED) is 0.137. The van der Waals surface area contributed by atoms with Gasteiger partial charge >= 0.3 is 0 Å². The summed E-state index contributed by atoms with van der Waals surface area (Å²) in [7, 11) is 0. The highest BCUT2D eigenvalue weighted by atomic mass is 16.7. The second kappa shape index (κ2) is 19.0. The second-order valence-corrected chi connectivity index (χ2v) is 21.4. The molecule has 0 amide bonds. The Balaban J connectivity index is 0.686. The minimum atomic E-state index is -1.10. The molecule has 0 unspecified atom stereocenters. The number of nitrogens with zero attached hydrogens (tertiary/aromatic N) is 2. The van der Waals surface area contributed by atoms with Crippen LogP contribution in [-0.2, 0) is 43.4 Å². The number of fused-ring (bicyclic) bond motifs is 6. The highest BCUT2D eigenvalue weighted by Crippen LogP contribution is 2.48. The molecule has 0 radical (unpaired) electrons. The van der Waals surface area contributed by atoms with E-state index in [-0.39, 0.29) is 0 Å². The molecular weight excluding hydrogens is 945 g/mol. The fourth-order valence-corrected chi connectivity index (χ4v) is 12.0. The molecule has 2 fully saturated rings. The molecular formula is C71H58N2O4. The third kappa shape index (κ3) is 8.28. The zero-order chi connectivity index (χ0) is 51.6. The van der Waals surface area contributed by atoms with Crippen molar-refractivity contribution in [3.63, 3.8) is 0 Å². The summed E-state index contributed by atoms with van der Waals surface area (Å²) in [6.45, 7) is 5.77. The lowest BCUT2D eigenvalue weighted by molar-refractivity contribution is -0.357. The molecule has 12 aromatic rings. The number of benzene rings is 10. The molecule has 6 heteroatoms. The van der Waals surface area contributed by atoms with Crippen molar-refractivity contribution in [2.24, 2.45) is 5.41 Å². The largest absolute Gasteiger partial charge is 0.341 e. The van der Waals surface area contributed by atoms with Crippen LogP contribution in [-0.4, -0.2) is 35.6 Å². The zero-order valence-corrected chi connectivity index (χ0v) is 43.4. The summed E-state index contributed by atoms with van der Waals surface area (Å²) >= 11 is 0. The van der Waals surface area contributed by atoms with Gasteiger partial charge in [0.2, 0.25) is 11.6 Å². The highest BCUT2D eigenvalue weighted by molar-refractivity contribution is 6.10. The number of aromatic nitrogens is 2. The summed E-state index contributed by atoms with van der Waals surface area (Å²) in [6, 6.07) is 87.1. The van der Waals surface area contributed by atoms with E-state index >= 15 is 0 Å². The Morgan fingerprint density at radius 2 is 0.545 bits per heavy atom. The van der Waals surface area contributed by atoms with Gasteiger partial charge in [-0.3, -0.25) is 0 Å². The van der Waals surface area contributed by atoms with Gasteiger partial charge in [-0.15, -0.1) is 0 Å². The van der Waals surface area contributed by atoms with Gasteiger partial charge in [-0.25, -0.2) is 0 Å². The number of rotatable bonds is 10. The first-order chi connectivity index (χ1) is 37.8. The molecule has 2 aliphatic heterocycles. The van der Waals surface area contributed by atoms with Gasteiger partial charge < -0.3 is 28.1 Å². The topological polar surface area (TPSA) is 46.8 Å². The molecule has 0 bridgehead atoms. The molecule has 376 valence electrons. The Morgan fingerprint density at radius 1 is 0.299 bits per heavy atom. The third-order valence-electron chi connectivity index (χ3n) is 16.2. The van der Waals surface area contributed by atoms with Crippen LogP contribution in [0.15, 0.2) is 243 Å². The fraction of sp³-hybridized carbons (Fsp3) is 0.155. The number of hydrogen-bond acceptors (Lipinski definition) is 4. The number of aryl methyl sites for hydroxylation is 2. The van der Waals surface area contributed by atoms with Crippen molar-refractivity contribution in [1.29, 1.82) is 0 Å². The van der Waals surface area contributed by atoms with Gasteiger partial charge in [0.15, 0.2) is 0 Å². The first kappa shape index (κ1) is 47.1. The maximum atomic E-state index is 7.09. The minimum Gasteiger partial charge on any atom is -0.341 e. The van der Waals surface area contributed by atoms with E-state index in [1.807, 2.05) is 0 Å². The van der Waals surface area contributed by atoms with Crippen LogP contribution in [0.4, 0.5) is 0 Å². The Bertz CT molecular complexity index is 3700. The molecule has 10 aromatic carbocycles. The molecule has 14 rings (SSSR count). The molecule has 1 spiro atoms. The van der Waals surface area contributed by atoms with Gasteiger partial charge in [0.25, 0.3) is 0 Å². The van der Waals surface area contributed by atoms with Crippen molar-refractivity contribution in [1.82, 2.24) is 9.13 Å². The Kier molecular flexibility index (Phi) is 11.6. The van der Waals surface area contributed by atoms with Crippen LogP contribution in [0.3, 0.4) is 0 Å². The van der Waals surface area contributed by atoms with E-state index in [0.29, 0.717) is 26.4 Å². The van der Waals surface area contributed by atoms with Crippen LogP contribution in [0.5, 0.6) is 0 Å². The molecule has 0 saturated carbocycles. The van der Waals surface area contributed by atoms with Gasteiger partial charge in [-0.1, -0.05) is 205 Å². The van der Waals surface area contributed by atoms with Crippen LogP contribution >= 0.6 is 0 Å². The maximum Gasteiger partial charge on any atom is 0.222 e. The van der Waals surface area contributed by atoms with Crippen molar-refractivity contribution in [3.05, 3.63) is 298 Å². The van der Waals surface area contributed by atoms with E-state index in [2.05, 4.69) is 266 Å². The maximum absolute atomic E-state index is 7.09. The number of para-hydroxylation sites is 4. The first-order valence-corrected chi connectivity index (χ1v) is 26.9. The van der Waals surface area contributed by atoms with Gasteiger partial charge in [0, 0.05) is 55.2 Å². The minimum absolute atomic E-state index is 0.388. The van der Waals surface area contributed by atoms with E-state index in [1.54, 1.807) is 0 Å². The van der Waals surface area contributed by atoms with Crippen molar-refractivity contribution < 1.29 is 18.9 Å². The van der Waals surface area contributed by atoms with Crippen LogP contribution in [0.1, 0.15) is 55.6 Å². The highest BCUT2D eigenvalue weighted by Gasteiger charge is 2.53. The lowest BCUT2D eigenvalue weighted by Crippen LogP contribution is -2.57. The molecule has 0 atom stereocenters. The van der Waals surface area contributed by atoms with Crippen LogP contribution in [0.2, 0.25) is 0 Å². The number of hydrogen-bond donors (Lipinski definition) is 0. The average Bonchev–Trinajstić information content (AvgIpc) is 4.08. The molecule has 2 saturated heterocycles. The molecule has 0 aliphatic carbocycles. The molecule has 2 aromatic heterocycles. The Labute approximate surface area is 449 Å². The van der Waals surface area contributed by atoms with Gasteiger partial charge in [0.1, 0.15) is 0 Å². The summed E-state index contributed by atoms with van der Waals surface area (Å²) in [5.41, 5.74) is 17.7. The van der Waals surface area contributed by atoms with E-state index in [0.717, 1.165) is 46.5 Å². The van der Waals surface area contributed by atoms with E-state index in [9.17, 15) is 0 Å². The van der Waals surface area contributed by atoms with Gasteiger partial charge in [-0.05, 0) is 97.5 Å². The van der Waals surface area contributed by atoms with Crippen LogP contribution in [0.25, 0.3) is 55.0 Å². The predicted molar refractivity (Wildman–Crippen MR) is 310 cm³/mol. The SMILES string of the molecule is Cc1ccc(C2(c3ccc(Cc4ccc(-n5c6ccccc6c6ccccc65)cc4)cc3)OCC3(CO2)COC(c2ccc(C)cc2)(c2ccc(Cc4ccc(-n5c6ccccc6c6ccccc65)cc4)cc2)OC3)cc1. The summed E-state index contributed by atoms with van der Waals surface area (Å²) in [4.78, 5) is 0. The zero-order valence-electron chi connectivity index (χ0n) is 43.4. The summed E-state index contributed by atoms with van der Waals surface area (Å²) in [5.74, 6) is -2.21. The summed E-state index contributed by atoms with van der Waals surface area (Å²) < 4.78 is 33.1. The molecule has 0 N–H and O–H groups in total. The standard InChI is InChI=1S/C71H58N2O4/c1-49-19-31-55(32-20-49)70(57-35-23-51(24-36-57)43-53-27-39-59(40-28-53)72-65-15-7-3-11-61(65)62-12-4-8-16-66(62)72)74-45-69(46-75-70)47-76-71(77-48-69,56-33-21-50(2)22-34-56)58-37-25-52(26-38-58)44-54-29-41-60(42-30-54)73-67-17-9-5-13-63(67)64-14-6-10-18-68(64)73/h3-42H,43-48H2,1-2H3. The fourth-order valence-electron chi connectivity index (χ4n) is 12.0. The molecule has 6 nitrogen and oxygen atoms in total. The monoisotopic (exact) mass is 1000 g/mol. The van der Waals surface area contributed by atoms with E-state index < -0.39 is 17.0 Å². The number of ether oxygens (including phenoxy) is 4. The van der Waals surface area contributed by atoms with Crippen molar-refractivity contribution >= 4 is 43.6 Å². The smallest absolute Gasteiger partial charge is 0.222 e. The molecule has 77 heavy (non-hydrogen) atoms. The Morgan fingerprint density at radius 3 is 0.831 bits per heavy atom. The summed E-state index contributed by atoms with van der Waals surface area (Å²) in [6.07, 6.45) is 1.60. The lowest BCUT2D eigenvalue weighted by atomic mass is 9.85.